The number of nitrogens with one attached hydrogen (secondary N) is 1. The van der Waals surface area contributed by atoms with Crippen molar-refractivity contribution < 1.29 is 4.74 Å². The maximum atomic E-state index is 6.38. The Kier molecular flexibility index (Phi) is 3.58. The van der Waals surface area contributed by atoms with Crippen LogP contribution in [0.1, 0.15) is 50.9 Å². The number of ether oxygens (including phenoxy) is 1. The van der Waals surface area contributed by atoms with E-state index in [-0.39, 0.29) is 6.04 Å². The Hall–Kier alpha value is -0.580. The second-order valence-electron chi connectivity index (χ2n) is 5.96. The van der Waals surface area contributed by atoms with Gasteiger partial charge >= 0.3 is 0 Å². The Balaban J connectivity index is 1.92. The summed E-state index contributed by atoms with van der Waals surface area (Å²) in [6.45, 7) is 4.27. The molecule has 0 aromatic carbocycles. The fourth-order valence-electron chi connectivity index (χ4n) is 3.63. The molecule has 0 aliphatic carbocycles. The van der Waals surface area contributed by atoms with Crippen LogP contribution < -0.4 is 5.32 Å². The van der Waals surface area contributed by atoms with E-state index >= 15 is 0 Å². The molecule has 0 amide bonds. The third-order valence-corrected chi connectivity index (χ3v) is 4.75. The highest BCUT2D eigenvalue weighted by Crippen LogP contribution is 2.45. The second-order valence-corrected chi connectivity index (χ2v) is 6.36. The summed E-state index contributed by atoms with van der Waals surface area (Å²) < 4.78 is 8.03. The van der Waals surface area contributed by atoms with E-state index in [1.54, 1.807) is 6.20 Å². The van der Waals surface area contributed by atoms with Gasteiger partial charge in [-0.3, -0.25) is 4.68 Å². The van der Waals surface area contributed by atoms with Crippen molar-refractivity contribution in [2.75, 3.05) is 7.05 Å². The van der Waals surface area contributed by atoms with Crippen LogP contribution in [0.25, 0.3) is 0 Å². The molecular weight excluding hydrogens is 262 g/mol. The summed E-state index contributed by atoms with van der Waals surface area (Å²) in [5, 5.41) is 8.62. The first-order chi connectivity index (χ1) is 9.11. The van der Waals surface area contributed by atoms with Gasteiger partial charge < -0.3 is 10.1 Å². The van der Waals surface area contributed by atoms with Crippen LogP contribution in [0.2, 0.25) is 5.02 Å². The maximum Gasteiger partial charge on any atom is 0.0834 e. The molecule has 3 rings (SSSR count). The Morgan fingerprint density at radius 3 is 2.79 bits per heavy atom. The van der Waals surface area contributed by atoms with E-state index in [4.69, 9.17) is 16.3 Å². The van der Waals surface area contributed by atoms with Crippen molar-refractivity contribution in [2.24, 2.45) is 5.92 Å². The van der Waals surface area contributed by atoms with Crippen molar-refractivity contribution in [3.05, 3.63) is 16.9 Å². The van der Waals surface area contributed by atoms with Crippen molar-refractivity contribution in [2.45, 2.75) is 57.4 Å². The molecule has 2 aliphatic rings. The first kappa shape index (κ1) is 13.4. The van der Waals surface area contributed by atoms with E-state index in [0.29, 0.717) is 24.2 Å². The van der Waals surface area contributed by atoms with Gasteiger partial charge in [-0.2, -0.15) is 5.10 Å². The summed E-state index contributed by atoms with van der Waals surface area (Å²) in [4.78, 5) is 0. The monoisotopic (exact) mass is 283 g/mol. The molecule has 19 heavy (non-hydrogen) atoms. The lowest BCUT2D eigenvalue weighted by molar-refractivity contribution is 0.0855. The Morgan fingerprint density at radius 2 is 2.26 bits per heavy atom. The van der Waals surface area contributed by atoms with Crippen molar-refractivity contribution in [1.29, 1.82) is 0 Å². The molecule has 1 aromatic heterocycles. The second kappa shape index (κ2) is 5.08. The molecule has 1 N–H and O–H groups in total. The summed E-state index contributed by atoms with van der Waals surface area (Å²) in [6.07, 6.45) is 6.13. The van der Waals surface area contributed by atoms with Crippen LogP contribution in [-0.4, -0.2) is 29.0 Å². The topological polar surface area (TPSA) is 39.1 Å². The number of nitrogens with zero attached hydrogens (tertiary/aromatic N) is 2. The molecule has 2 fully saturated rings. The molecule has 3 heterocycles. The van der Waals surface area contributed by atoms with Gasteiger partial charge in [0.15, 0.2) is 0 Å². The van der Waals surface area contributed by atoms with Gasteiger partial charge in [0.1, 0.15) is 0 Å². The fourth-order valence-corrected chi connectivity index (χ4v) is 3.88. The highest BCUT2D eigenvalue weighted by atomic mass is 35.5. The Labute approximate surface area is 119 Å². The van der Waals surface area contributed by atoms with Gasteiger partial charge in [-0.25, -0.2) is 0 Å². The number of rotatable bonds is 4. The van der Waals surface area contributed by atoms with E-state index in [1.165, 1.54) is 12.8 Å². The normalized spacial score (nSPS) is 31.3. The van der Waals surface area contributed by atoms with Crippen LogP contribution in [0.5, 0.6) is 0 Å². The number of hydrogen-bond donors (Lipinski definition) is 1. The van der Waals surface area contributed by atoms with Gasteiger partial charge in [0.2, 0.25) is 0 Å². The average Bonchev–Trinajstić information content (AvgIpc) is 3.06. The molecule has 0 saturated carbocycles. The smallest absolute Gasteiger partial charge is 0.0834 e. The highest BCUT2D eigenvalue weighted by Gasteiger charge is 2.45. The minimum Gasteiger partial charge on any atom is -0.375 e. The average molecular weight is 284 g/mol. The molecule has 0 spiro atoms. The van der Waals surface area contributed by atoms with Crippen LogP contribution in [0.3, 0.4) is 0 Å². The molecule has 4 atom stereocenters. The highest BCUT2D eigenvalue weighted by molar-refractivity contribution is 6.31. The van der Waals surface area contributed by atoms with Crippen LogP contribution >= 0.6 is 11.6 Å². The predicted octanol–water partition coefficient (Wildman–Crippen LogP) is 2.95. The quantitative estimate of drug-likeness (QED) is 0.923. The van der Waals surface area contributed by atoms with Gasteiger partial charge in [0.05, 0.1) is 35.2 Å². The van der Waals surface area contributed by atoms with Gasteiger partial charge in [0.25, 0.3) is 0 Å². The number of halogens is 1. The van der Waals surface area contributed by atoms with E-state index < -0.39 is 0 Å². The Morgan fingerprint density at radius 1 is 1.47 bits per heavy atom. The number of fused-ring (bicyclic) bond motifs is 2. The third-order valence-electron chi connectivity index (χ3n) is 4.46. The van der Waals surface area contributed by atoms with Crippen molar-refractivity contribution >= 4 is 11.6 Å². The van der Waals surface area contributed by atoms with Gasteiger partial charge in [-0.1, -0.05) is 11.6 Å². The summed E-state index contributed by atoms with van der Waals surface area (Å²) >= 11 is 6.38. The van der Waals surface area contributed by atoms with Crippen LogP contribution in [-0.2, 0) is 4.74 Å². The maximum absolute atomic E-state index is 6.38. The van der Waals surface area contributed by atoms with E-state index in [0.717, 1.165) is 17.1 Å². The van der Waals surface area contributed by atoms with Crippen LogP contribution in [0.15, 0.2) is 6.20 Å². The largest absolute Gasteiger partial charge is 0.375 e. The third kappa shape index (κ3) is 2.20. The first-order valence-electron chi connectivity index (χ1n) is 7.17. The molecule has 5 heteroatoms. The number of hydrogen-bond acceptors (Lipinski definition) is 3. The molecular formula is C14H22ClN3O. The molecule has 0 radical (unpaired) electrons. The molecule has 4 nitrogen and oxygen atoms in total. The molecule has 2 aliphatic heterocycles. The van der Waals surface area contributed by atoms with E-state index in [1.807, 2.05) is 11.7 Å². The molecule has 4 unspecified atom stereocenters. The molecule has 1 aromatic rings. The van der Waals surface area contributed by atoms with Gasteiger partial charge in [0, 0.05) is 12.0 Å². The molecule has 2 saturated heterocycles. The van der Waals surface area contributed by atoms with Crippen molar-refractivity contribution in [3.8, 4) is 0 Å². The van der Waals surface area contributed by atoms with E-state index in [9.17, 15) is 0 Å². The lowest BCUT2D eigenvalue weighted by Crippen LogP contribution is -2.34. The summed E-state index contributed by atoms with van der Waals surface area (Å²) in [6, 6.07) is 0.547. The predicted molar refractivity (Wildman–Crippen MR) is 75.4 cm³/mol. The minimum atomic E-state index is 0.229. The molecule has 2 bridgehead atoms. The summed E-state index contributed by atoms with van der Waals surface area (Å²) in [5.74, 6) is 0.510. The summed E-state index contributed by atoms with van der Waals surface area (Å²) in [7, 11) is 2.00. The SMILES string of the molecule is CNC(c1c(Cl)cnn1C(C)C)C1CC2CCC1O2. The zero-order chi connectivity index (χ0) is 13.6. The zero-order valence-electron chi connectivity index (χ0n) is 11.8. The lowest BCUT2D eigenvalue weighted by Gasteiger charge is -2.29. The van der Waals surface area contributed by atoms with Gasteiger partial charge in [-0.05, 0) is 40.2 Å². The molecule has 106 valence electrons. The number of aromatic nitrogens is 2. The first-order valence-corrected chi connectivity index (χ1v) is 7.55. The van der Waals surface area contributed by atoms with Crippen LogP contribution in [0.4, 0.5) is 0 Å². The van der Waals surface area contributed by atoms with Crippen molar-refractivity contribution in [1.82, 2.24) is 15.1 Å². The minimum absolute atomic E-state index is 0.229. The van der Waals surface area contributed by atoms with Gasteiger partial charge in [-0.15, -0.1) is 0 Å². The van der Waals surface area contributed by atoms with Crippen molar-refractivity contribution in [3.63, 3.8) is 0 Å². The summed E-state index contributed by atoms with van der Waals surface area (Å²) in [5.41, 5.74) is 1.11. The van der Waals surface area contributed by atoms with Crippen LogP contribution in [0, 0.1) is 5.92 Å². The zero-order valence-corrected chi connectivity index (χ0v) is 12.5. The standard InChI is InChI=1S/C14H22ClN3O/c1-8(2)18-14(11(15)7-17-18)13(16-3)10-6-9-4-5-12(10)19-9/h7-10,12-13,16H,4-6H2,1-3H3. The van der Waals surface area contributed by atoms with E-state index in [2.05, 4.69) is 24.3 Å². The Bertz CT molecular complexity index is 460. The lowest BCUT2D eigenvalue weighted by atomic mass is 9.82. The fraction of sp³-hybridized carbons (Fsp3) is 0.786.